The van der Waals surface area contributed by atoms with E-state index in [0.717, 1.165) is 42.8 Å². The molecule has 0 unspecified atom stereocenters. The number of carboxylic acid groups (broad SMARTS) is 3. The zero-order valence-electron chi connectivity index (χ0n) is 30.8. The van der Waals surface area contributed by atoms with Crippen LogP contribution in [0.15, 0.2) is 97.1 Å². The first-order valence-electron chi connectivity index (χ1n) is 16.8. The summed E-state index contributed by atoms with van der Waals surface area (Å²) in [4.78, 5) is 33.0. The highest BCUT2D eigenvalue weighted by Gasteiger charge is 2.23. The van der Waals surface area contributed by atoms with Crippen LogP contribution in [0.5, 0.6) is 0 Å². The van der Waals surface area contributed by atoms with E-state index in [1.54, 1.807) is 37.3 Å². The summed E-state index contributed by atoms with van der Waals surface area (Å²) in [5.74, 6) is -8.73. The van der Waals surface area contributed by atoms with Gasteiger partial charge in [-0.3, -0.25) is 0 Å². The van der Waals surface area contributed by atoms with Crippen LogP contribution >= 0.6 is 90.4 Å². The van der Waals surface area contributed by atoms with Crippen LogP contribution in [-0.4, -0.2) is 33.2 Å². The average Bonchev–Trinajstić information content (AvgIpc) is 3.16. The van der Waals surface area contributed by atoms with E-state index in [9.17, 15) is 37.1 Å². The van der Waals surface area contributed by atoms with E-state index in [0.29, 0.717) is 28.7 Å². The Morgan fingerprint density at radius 2 is 0.797 bits per heavy atom. The van der Waals surface area contributed by atoms with Gasteiger partial charge in [0, 0.05) is 31.3 Å². The van der Waals surface area contributed by atoms with Gasteiger partial charge in [0.25, 0.3) is 0 Å². The number of halogens is 8. The van der Waals surface area contributed by atoms with Gasteiger partial charge in [-0.1, -0.05) is 0 Å². The predicted molar refractivity (Wildman–Crippen MR) is 254 cm³/mol. The van der Waals surface area contributed by atoms with Crippen molar-refractivity contribution in [1.82, 2.24) is 0 Å². The summed E-state index contributed by atoms with van der Waals surface area (Å²) >= 11 is 8.64. The molecule has 0 aromatic heterocycles. The molecule has 17 heteroatoms. The second-order valence-corrected chi connectivity index (χ2v) is 17.4. The Labute approximate surface area is 390 Å². The molecule has 0 aliphatic carbocycles. The number of carboxylic acids is 3. The second kappa shape index (κ2) is 21.3. The van der Waals surface area contributed by atoms with Crippen LogP contribution in [0.1, 0.15) is 47.8 Å². The number of anilines is 6. The predicted octanol–water partition coefficient (Wildman–Crippen LogP) is 13.3. The number of hydrogen-bond acceptors (Lipinski definition) is 6. The van der Waals surface area contributed by atoms with E-state index >= 15 is 0 Å². The lowest BCUT2D eigenvalue weighted by Crippen LogP contribution is -2.08. The number of carbonyl (C=O) groups is 3. The monoisotopic (exact) mass is 1260 g/mol. The minimum atomic E-state index is -1.73. The lowest BCUT2D eigenvalue weighted by atomic mass is 10.1. The van der Waals surface area contributed by atoms with Gasteiger partial charge in [-0.05, 0) is 225 Å². The third-order valence-corrected chi connectivity index (χ3v) is 10.9. The van der Waals surface area contributed by atoms with Crippen LogP contribution in [0.4, 0.5) is 51.7 Å². The molecule has 0 aliphatic rings. The number of aromatic carboxylic acids is 3. The molecule has 0 spiro atoms. The standard InChI is InChI=1S/C14H9F3INO2.C14H11FINO2.C14H11I2NO2/c1-6-4-7(18)2-3-10(6)19-13-9(15)5-8(14(20)21)11(16)12(13)17;1-8-6-10(16)3-5-12(8)17-13-4-2-9(15)7-11(13)14(18)19;1-8-6-9(15)2-4-12(8)17-13-5-3-10(16)7-11(13)14(18)19/h2-5,19H,1H3,(H,20,21);2*2-7,17H,1H3,(H,18,19). The molecule has 6 aromatic carbocycles. The molecule has 306 valence electrons. The van der Waals surface area contributed by atoms with E-state index in [1.165, 1.54) is 12.1 Å². The summed E-state index contributed by atoms with van der Waals surface area (Å²) in [5.41, 5.74) is 4.32. The maximum Gasteiger partial charge on any atom is 0.338 e. The van der Waals surface area contributed by atoms with Crippen LogP contribution in [-0.2, 0) is 0 Å². The minimum Gasteiger partial charge on any atom is -0.478 e. The Balaban J connectivity index is 0.000000196. The molecule has 0 aliphatic heterocycles. The molecule has 6 N–H and O–H groups in total. The third-order valence-electron chi connectivity index (χ3n) is 8.18. The molecule has 6 rings (SSSR count). The topological polar surface area (TPSA) is 148 Å². The van der Waals surface area contributed by atoms with Crippen molar-refractivity contribution < 1.29 is 47.3 Å². The molecule has 0 heterocycles. The summed E-state index contributed by atoms with van der Waals surface area (Å²) in [6, 6.07) is 26.3. The Hall–Kier alpha value is -4.23. The van der Waals surface area contributed by atoms with E-state index < -0.39 is 52.4 Å². The number of benzene rings is 6. The van der Waals surface area contributed by atoms with Gasteiger partial charge >= 0.3 is 17.9 Å². The largest absolute Gasteiger partial charge is 0.478 e. The second-order valence-electron chi connectivity index (χ2n) is 12.5. The van der Waals surface area contributed by atoms with Crippen LogP contribution in [0, 0.1) is 58.3 Å². The van der Waals surface area contributed by atoms with Crippen molar-refractivity contribution in [2.75, 3.05) is 16.0 Å². The van der Waals surface area contributed by atoms with Gasteiger partial charge in [0.05, 0.1) is 22.5 Å². The molecule has 0 bridgehead atoms. The molecule has 6 aromatic rings. The SMILES string of the molecule is Cc1cc(I)ccc1Nc1c(F)cc(C(=O)O)c(F)c1F.Cc1cc(I)ccc1Nc1ccc(F)cc1C(=O)O.Cc1cc(I)ccc1Nc1ccc(I)cc1C(=O)O. The summed E-state index contributed by atoms with van der Waals surface area (Å²) < 4.78 is 58.4. The molecule has 0 atom stereocenters. The van der Waals surface area contributed by atoms with Crippen molar-refractivity contribution in [2.24, 2.45) is 0 Å². The van der Waals surface area contributed by atoms with Gasteiger partial charge in [-0.15, -0.1) is 0 Å². The fraction of sp³-hybridized carbons (Fsp3) is 0.0714. The van der Waals surface area contributed by atoms with Gasteiger partial charge in [0.15, 0.2) is 17.5 Å². The fourth-order valence-electron chi connectivity index (χ4n) is 5.20. The van der Waals surface area contributed by atoms with Crippen LogP contribution in [0.3, 0.4) is 0 Å². The number of aryl methyl sites for hydroxylation is 3. The molecule has 59 heavy (non-hydrogen) atoms. The van der Waals surface area contributed by atoms with Crippen molar-refractivity contribution in [2.45, 2.75) is 20.8 Å². The maximum absolute atomic E-state index is 13.8. The first kappa shape index (κ1) is 47.4. The Morgan fingerprint density at radius 1 is 0.441 bits per heavy atom. The molecule has 0 radical (unpaired) electrons. The van der Waals surface area contributed by atoms with Gasteiger partial charge < -0.3 is 31.3 Å². The van der Waals surface area contributed by atoms with E-state index in [-0.39, 0.29) is 11.1 Å². The van der Waals surface area contributed by atoms with Gasteiger partial charge in [-0.25, -0.2) is 31.9 Å². The number of rotatable bonds is 9. The van der Waals surface area contributed by atoms with Crippen molar-refractivity contribution in [3.63, 3.8) is 0 Å². The first-order valence-corrected chi connectivity index (χ1v) is 21.1. The van der Waals surface area contributed by atoms with Crippen molar-refractivity contribution in [3.05, 3.63) is 168 Å². The lowest BCUT2D eigenvalue weighted by molar-refractivity contribution is 0.0681. The quantitative estimate of drug-likeness (QED) is 0.0473. The van der Waals surface area contributed by atoms with Crippen molar-refractivity contribution in [1.29, 1.82) is 0 Å². The molecule has 0 fully saturated rings. The third kappa shape index (κ3) is 13.1. The van der Waals surface area contributed by atoms with Gasteiger partial charge in [0.1, 0.15) is 17.1 Å². The van der Waals surface area contributed by atoms with Crippen molar-refractivity contribution >= 4 is 142 Å². The van der Waals surface area contributed by atoms with E-state index in [1.807, 2.05) is 50.2 Å². The Kier molecular flexibility index (Phi) is 17.2. The average molecular weight is 1260 g/mol. The summed E-state index contributed by atoms with van der Waals surface area (Å²) in [6.45, 7) is 5.65. The lowest BCUT2D eigenvalue weighted by Gasteiger charge is -2.13. The summed E-state index contributed by atoms with van der Waals surface area (Å²) in [7, 11) is 0. The van der Waals surface area contributed by atoms with E-state index in [4.69, 9.17) is 10.2 Å². The minimum absolute atomic E-state index is 0.0852. The van der Waals surface area contributed by atoms with Crippen LogP contribution in [0.25, 0.3) is 0 Å². The van der Waals surface area contributed by atoms with Crippen molar-refractivity contribution in [3.8, 4) is 0 Å². The summed E-state index contributed by atoms with van der Waals surface area (Å²) in [5, 5.41) is 35.7. The highest BCUT2D eigenvalue weighted by atomic mass is 127. The highest BCUT2D eigenvalue weighted by Crippen LogP contribution is 2.31. The molecular weight excluding hydrogens is 1230 g/mol. The molecule has 0 saturated heterocycles. The fourth-order valence-corrected chi connectivity index (χ4v) is 7.63. The molecular formula is C42H31F4I4N3O6. The molecule has 0 amide bonds. The molecule has 0 saturated carbocycles. The highest BCUT2D eigenvalue weighted by molar-refractivity contribution is 14.1. The van der Waals surface area contributed by atoms with Gasteiger partial charge in [-0.2, -0.15) is 0 Å². The normalized spacial score (nSPS) is 10.4. The Bertz CT molecular complexity index is 2470. The van der Waals surface area contributed by atoms with E-state index in [2.05, 4.69) is 112 Å². The van der Waals surface area contributed by atoms with Crippen LogP contribution in [0.2, 0.25) is 0 Å². The summed E-state index contributed by atoms with van der Waals surface area (Å²) in [6.07, 6.45) is 0. The zero-order valence-corrected chi connectivity index (χ0v) is 39.5. The van der Waals surface area contributed by atoms with Crippen LogP contribution < -0.4 is 16.0 Å². The smallest absolute Gasteiger partial charge is 0.338 e. The number of nitrogens with one attached hydrogen (secondary N) is 3. The van der Waals surface area contributed by atoms with Gasteiger partial charge in [0.2, 0.25) is 0 Å². The molecule has 9 nitrogen and oxygen atoms in total. The Morgan fingerprint density at radius 3 is 1.20 bits per heavy atom. The maximum atomic E-state index is 13.8. The zero-order chi connectivity index (χ0) is 43.7. The first-order chi connectivity index (χ1) is 27.7. The number of hydrogen-bond donors (Lipinski definition) is 6.